The Kier molecular flexibility index (Phi) is 10.7. The molecule has 2 aliphatic carbocycles. The molecule has 3 N–H and O–H groups in total. The molecular formula is C28H46N4O6S. The van der Waals surface area contributed by atoms with Crippen molar-refractivity contribution in [2.45, 2.75) is 121 Å². The number of likely N-dealkylation sites (tertiary alicyclic amines) is 1. The minimum Gasteiger partial charge on any atom is -0.446 e. The van der Waals surface area contributed by atoms with E-state index in [1.54, 1.807) is 13.2 Å². The van der Waals surface area contributed by atoms with E-state index in [9.17, 15) is 19.2 Å². The van der Waals surface area contributed by atoms with E-state index in [0.717, 1.165) is 38.5 Å². The first-order chi connectivity index (χ1) is 18.4. The van der Waals surface area contributed by atoms with Crippen molar-refractivity contribution < 1.29 is 28.7 Å². The van der Waals surface area contributed by atoms with Crippen LogP contribution in [-0.2, 0) is 23.9 Å². The Bertz CT molecular complexity index is 914. The number of ether oxygens (including phenoxy) is 2. The summed E-state index contributed by atoms with van der Waals surface area (Å²) < 4.78 is 14.1. The number of alkyl carbamates (subject to hydrolysis) is 1. The lowest BCUT2D eigenvalue weighted by Gasteiger charge is -2.35. The Morgan fingerprint density at radius 1 is 1.13 bits per heavy atom. The molecule has 0 bridgehead atoms. The van der Waals surface area contributed by atoms with Crippen LogP contribution < -0.4 is 15.4 Å². The van der Waals surface area contributed by atoms with Crippen molar-refractivity contribution in [1.82, 2.24) is 20.3 Å². The zero-order valence-electron chi connectivity index (χ0n) is 24.0. The molecule has 2 saturated carbocycles. The van der Waals surface area contributed by atoms with Crippen LogP contribution in [0.25, 0.3) is 0 Å². The summed E-state index contributed by atoms with van der Waals surface area (Å²) in [6, 6.07) is -2.54. The number of allylic oxidation sites excluding steroid dienone is 1. The van der Waals surface area contributed by atoms with Gasteiger partial charge in [-0.25, -0.2) is 4.79 Å². The van der Waals surface area contributed by atoms with E-state index in [2.05, 4.69) is 21.9 Å². The van der Waals surface area contributed by atoms with Gasteiger partial charge >= 0.3 is 6.09 Å². The van der Waals surface area contributed by atoms with Crippen LogP contribution >= 0.6 is 11.9 Å². The molecule has 3 aliphatic rings. The molecular weight excluding hydrogens is 520 g/mol. The largest absolute Gasteiger partial charge is 0.446 e. The number of nitrogens with zero attached hydrogens (tertiary/aromatic N) is 1. The molecule has 10 nitrogen and oxygen atoms in total. The quantitative estimate of drug-likeness (QED) is 0.244. The molecule has 3 unspecified atom stereocenters. The SMILES string of the molecule is C=CCCC(NC(=O)C1C[C@](C)(OC)CN1C(=O)C(NC(=O)OC1CCCC1)C(C)(C)C)C(=O)NSC1CC1. The molecule has 1 heterocycles. The van der Waals surface area contributed by atoms with Crippen LogP contribution in [0.3, 0.4) is 0 Å². The van der Waals surface area contributed by atoms with Gasteiger partial charge in [-0.1, -0.05) is 26.8 Å². The topological polar surface area (TPSA) is 126 Å². The van der Waals surface area contributed by atoms with Gasteiger partial charge in [-0.05, 0) is 75.7 Å². The molecule has 4 atom stereocenters. The number of rotatable bonds is 12. The van der Waals surface area contributed by atoms with Crippen molar-refractivity contribution in [3.05, 3.63) is 12.7 Å². The van der Waals surface area contributed by atoms with Crippen molar-refractivity contribution >= 4 is 35.8 Å². The first kappa shape index (κ1) is 31.3. The number of nitrogens with one attached hydrogen (secondary N) is 3. The highest BCUT2D eigenvalue weighted by Gasteiger charge is 2.50. The van der Waals surface area contributed by atoms with Gasteiger partial charge in [-0.15, -0.1) is 6.58 Å². The zero-order chi connectivity index (χ0) is 28.8. The average Bonchev–Trinajstić information content (AvgIpc) is 3.44. The predicted octanol–water partition coefficient (Wildman–Crippen LogP) is 3.45. The molecule has 3 rings (SSSR count). The predicted molar refractivity (Wildman–Crippen MR) is 151 cm³/mol. The molecule has 1 aliphatic heterocycles. The third-order valence-electron chi connectivity index (χ3n) is 7.68. The Balaban J connectivity index is 1.75. The van der Waals surface area contributed by atoms with Crippen molar-refractivity contribution in [2.75, 3.05) is 13.7 Å². The van der Waals surface area contributed by atoms with Crippen molar-refractivity contribution in [3.8, 4) is 0 Å². The molecule has 0 radical (unpaired) electrons. The molecule has 220 valence electrons. The van der Waals surface area contributed by atoms with Gasteiger partial charge in [0, 0.05) is 18.8 Å². The fourth-order valence-corrected chi connectivity index (χ4v) is 5.81. The maximum Gasteiger partial charge on any atom is 0.408 e. The Morgan fingerprint density at radius 2 is 1.79 bits per heavy atom. The number of hydrogen-bond donors (Lipinski definition) is 3. The highest BCUT2D eigenvalue weighted by Crippen LogP contribution is 2.34. The zero-order valence-corrected chi connectivity index (χ0v) is 24.9. The number of methoxy groups -OCH3 is 1. The second-order valence-electron chi connectivity index (χ2n) is 12.3. The fraction of sp³-hybridized carbons (Fsp3) is 0.786. The van der Waals surface area contributed by atoms with E-state index < -0.39 is 41.1 Å². The van der Waals surface area contributed by atoms with Gasteiger partial charge in [0.15, 0.2) is 0 Å². The van der Waals surface area contributed by atoms with Crippen LogP contribution in [-0.4, -0.2) is 77.4 Å². The van der Waals surface area contributed by atoms with E-state index in [1.165, 1.54) is 16.8 Å². The van der Waals surface area contributed by atoms with E-state index in [-0.39, 0.29) is 30.9 Å². The van der Waals surface area contributed by atoms with Crippen LogP contribution in [0, 0.1) is 5.41 Å². The molecule has 0 aromatic carbocycles. The van der Waals surface area contributed by atoms with Gasteiger partial charge in [0.2, 0.25) is 11.8 Å². The normalized spacial score (nSPS) is 25.1. The summed E-state index contributed by atoms with van der Waals surface area (Å²) in [7, 11) is 1.55. The number of amides is 4. The van der Waals surface area contributed by atoms with E-state index >= 15 is 0 Å². The Hall–Kier alpha value is -2.27. The molecule has 4 amide bonds. The van der Waals surface area contributed by atoms with E-state index in [0.29, 0.717) is 18.1 Å². The summed E-state index contributed by atoms with van der Waals surface area (Å²) >= 11 is 1.39. The second-order valence-corrected chi connectivity index (χ2v) is 13.4. The monoisotopic (exact) mass is 566 g/mol. The van der Waals surface area contributed by atoms with Crippen LogP contribution in [0.15, 0.2) is 12.7 Å². The molecule has 3 fully saturated rings. The average molecular weight is 567 g/mol. The van der Waals surface area contributed by atoms with E-state index in [1.807, 2.05) is 27.7 Å². The maximum atomic E-state index is 14.0. The fourth-order valence-electron chi connectivity index (χ4n) is 5.01. The van der Waals surface area contributed by atoms with Crippen molar-refractivity contribution in [3.63, 3.8) is 0 Å². The molecule has 0 aromatic rings. The van der Waals surface area contributed by atoms with Gasteiger partial charge in [0.25, 0.3) is 5.91 Å². The minimum absolute atomic E-state index is 0.139. The van der Waals surface area contributed by atoms with Crippen LogP contribution in [0.1, 0.15) is 85.5 Å². The summed E-state index contributed by atoms with van der Waals surface area (Å²) in [5.74, 6) is -1.08. The van der Waals surface area contributed by atoms with E-state index in [4.69, 9.17) is 9.47 Å². The third-order valence-corrected chi connectivity index (χ3v) is 8.80. The Morgan fingerprint density at radius 3 is 2.36 bits per heavy atom. The maximum absolute atomic E-state index is 14.0. The first-order valence-corrected chi connectivity index (χ1v) is 14.9. The van der Waals surface area contributed by atoms with Gasteiger partial charge in [-0.3, -0.25) is 19.1 Å². The van der Waals surface area contributed by atoms with Gasteiger partial charge in [0.1, 0.15) is 24.2 Å². The molecule has 11 heteroatoms. The standard InChI is InChI=1S/C28H46N4O6S/c1-7-8-13-20(23(33)31-39-19-14-15-19)29-24(34)21-16-28(5,37-6)17-32(21)25(35)22(27(2,3)4)30-26(36)38-18-11-9-10-12-18/h7,18-22H,1,8-17H2,2-6H3,(H,29,34)(H,30,36)(H,31,33)/t20?,21?,22?,28-/m0/s1. The van der Waals surface area contributed by atoms with Crippen LogP contribution in [0.4, 0.5) is 4.79 Å². The summed E-state index contributed by atoms with van der Waals surface area (Å²) in [4.78, 5) is 54.7. The number of carbonyl (C=O) groups is 4. The lowest BCUT2D eigenvalue weighted by atomic mass is 9.85. The summed E-state index contributed by atoms with van der Waals surface area (Å²) in [5.41, 5.74) is -1.41. The van der Waals surface area contributed by atoms with Gasteiger partial charge in [-0.2, -0.15) is 0 Å². The minimum atomic E-state index is -0.921. The number of hydrogen-bond acceptors (Lipinski definition) is 7. The third kappa shape index (κ3) is 8.86. The molecule has 0 spiro atoms. The highest BCUT2D eigenvalue weighted by molar-refractivity contribution is 7.98. The van der Waals surface area contributed by atoms with Crippen LogP contribution in [0.2, 0.25) is 0 Å². The number of carbonyl (C=O) groups excluding carboxylic acids is 4. The molecule has 0 aromatic heterocycles. The van der Waals surface area contributed by atoms with Crippen molar-refractivity contribution in [1.29, 1.82) is 0 Å². The lowest BCUT2D eigenvalue weighted by molar-refractivity contribution is -0.143. The van der Waals surface area contributed by atoms with Crippen LogP contribution in [0.5, 0.6) is 0 Å². The highest BCUT2D eigenvalue weighted by atomic mass is 32.2. The smallest absolute Gasteiger partial charge is 0.408 e. The molecule has 39 heavy (non-hydrogen) atoms. The Labute approximate surface area is 236 Å². The second kappa shape index (κ2) is 13.4. The van der Waals surface area contributed by atoms with Gasteiger partial charge in [0.05, 0.1) is 12.1 Å². The molecule has 1 saturated heterocycles. The summed E-state index contributed by atoms with van der Waals surface area (Å²) in [6.45, 7) is 11.3. The first-order valence-electron chi connectivity index (χ1n) is 14.1. The summed E-state index contributed by atoms with van der Waals surface area (Å²) in [6.07, 6.45) is 7.97. The summed E-state index contributed by atoms with van der Waals surface area (Å²) in [5, 5.41) is 6.09. The lowest BCUT2D eigenvalue weighted by Crippen LogP contribution is -2.59. The van der Waals surface area contributed by atoms with Gasteiger partial charge < -0.3 is 25.0 Å². The van der Waals surface area contributed by atoms with Crippen molar-refractivity contribution in [2.24, 2.45) is 5.41 Å².